The number of para-hydroxylation sites is 1. The molecule has 2 aromatic carbocycles. The van der Waals surface area contributed by atoms with Gasteiger partial charge < -0.3 is 10.6 Å². The summed E-state index contributed by atoms with van der Waals surface area (Å²) in [6.07, 6.45) is 4.99. The molecule has 0 spiro atoms. The Bertz CT molecular complexity index is 852. The summed E-state index contributed by atoms with van der Waals surface area (Å²) in [6, 6.07) is 18.1. The molecule has 2 aliphatic rings. The van der Waals surface area contributed by atoms with Crippen molar-refractivity contribution in [3.05, 3.63) is 65.7 Å². The summed E-state index contributed by atoms with van der Waals surface area (Å²) < 4.78 is 0. The third-order valence-electron chi connectivity index (χ3n) is 5.99. The summed E-state index contributed by atoms with van der Waals surface area (Å²) in [6.45, 7) is 1.85. The molecule has 0 bridgehead atoms. The van der Waals surface area contributed by atoms with E-state index in [-0.39, 0.29) is 23.8 Å². The molecule has 2 aromatic rings. The highest BCUT2D eigenvalue weighted by Crippen LogP contribution is 2.29. The molecule has 2 atom stereocenters. The Labute approximate surface area is 172 Å². The van der Waals surface area contributed by atoms with E-state index in [4.69, 9.17) is 0 Å². The van der Waals surface area contributed by atoms with Crippen molar-refractivity contribution < 1.29 is 9.59 Å². The van der Waals surface area contributed by atoms with Gasteiger partial charge in [-0.2, -0.15) is 0 Å². The number of amides is 2. The summed E-state index contributed by atoms with van der Waals surface area (Å²) in [7, 11) is 0. The van der Waals surface area contributed by atoms with Gasteiger partial charge in [0.25, 0.3) is 0 Å². The third kappa shape index (κ3) is 5.04. The van der Waals surface area contributed by atoms with Crippen LogP contribution in [0.15, 0.2) is 54.6 Å². The number of nitrogens with one attached hydrogen (secondary N) is 2. The standard InChI is InChI=1S/C24H29N3O2/c28-23(26-22-14-6-9-18-8-4-5-13-21(18)22)17-27-15-7-10-19(16-27)24(29)25-20-11-2-1-3-12-20/h1-5,8,11-13,19,22H,6-7,9-10,14-17H2,(H,25,29)(H,26,28)/t19-,22-/m0/s1. The number of likely N-dealkylation sites (tertiary alicyclic amines) is 1. The van der Waals surface area contributed by atoms with Crippen molar-refractivity contribution in [2.24, 2.45) is 5.92 Å². The minimum Gasteiger partial charge on any atom is -0.348 e. The first kappa shape index (κ1) is 19.6. The van der Waals surface area contributed by atoms with Crippen molar-refractivity contribution in [1.29, 1.82) is 0 Å². The summed E-state index contributed by atoms with van der Waals surface area (Å²) in [5, 5.41) is 6.22. The number of anilines is 1. The number of carbonyl (C=O) groups is 2. The van der Waals surface area contributed by atoms with Crippen molar-refractivity contribution >= 4 is 17.5 Å². The first-order valence-corrected chi connectivity index (χ1v) is 10.6. The van der Waals surface area contributed by atoms with E-state index in [2.05, 4.69) is 33.7 Å². The highest BCUT2D eigenvalue weighted by Gasteiger charge is 2.28. The van der Waals surface area contributed by atoms with Gasteiger partial charge >= 0.3 is 0 Å². The molecule has 0 saturated carbocycles. The van der Waals surface area contributed by atoms with Crippen LogP contribution in [-0.2, 0) is 16.0 Å². The Kier molecular flexibility index (Phi) is 6.25. The molecule has 1 heterocycles. The predicted octanol–water partition coefficient (Wildman–Crippen LogP) is 3.53. The lowest BCUT2D eigenvalue weighted by Crippen LogP contribution is -2.46. The van der Waals surface area contributed by atoms with Gasteiger partial charge in [-0.05, 0) is 61.9 Å². The maximum absolute atomic E-state index is 12.7. The van der Waals surface area contributed by atoms with Gasteiger partial charge in [-0.3, -0.25) is 14.5 Å². The maximum atomic E-state index is 12.7. The van der Waals surface area contributed by atoms with Crippen LogP contribution in [0.25, 0.3) is 0 Å². The van der Waals surface area contributed by atoms with E-state index >= 15 is 0 Å². The fourth-order valence-corrected chi connectivity index (χ4v) is 4.53. The predicted molar refractivity (Wildman–Crippen MR) is 114 cm³/mol. The molecule has 29 heavy (non-hydrogen) atoms. The molecule has 1 aliphatic heterocycles. The number of carbonyl (C=O) groups excluding carboxylic acids is 2. The molecule has 2 amide bonds. The van der Waals surface area contributed by atoms with Gasteiger partial charge in [0.1, 0.15) is 0 Å². The molecule has 1 fully saturated rings. The Morgan fingerprint density at radius 3 is 2.62 bits per heavy atom. The second kappa shape index (κ2) is 9.23. The molecule has 1 saturated heterocycles. The average Bonchev–Trinajstić information content (AvgIpc) is 2.75. The fraction of sp³-hybridized carbons (Fsp3) is 0.417. The van der Waals surface area contributed by atoms with Crippen LogP contribution in [0.5, 0.6) is 0 Å². The average molecular weight is 392 g/mol. The molecular weight excluding hydrogens is 362 g/mol. The number of piperidine rings is 1. The molecule has 5 nitrogen and oxygen atoms in total. The van der Waals surface area contributed by atoms with Crippen molar-refractivity contribution in [2.75, 3.05) is 25.0 Å². The Hall–Kier alpha value is -2.66. The lowest BCUT2D eigenvalue weighted by molar-refractivity contribution is -0.126. The van der Waals surface area contributed by atoms with Crippen LogP contribution in [0, 0.1) is 5.92 Å². The van der Waals surface area contributed by atoms with Crippen LogP contribution < -0.4 is 10.6 Å². The van der Waals surface area contributed by atoms with E-state index in [9.17, 15) is 9.59 Å². The van der Waals surface area contributed by atoms with Crippen LogP contribution in [-0.4, -0.2) is 36.3 Å². The molecule has 0 radical (unpaired) electrons. The fourth-order valence-electron chi connectivity index (χ4n) is 4.53. The number of nitrogens with zero attached hydrogens (tertiary/aromatic N) is 1. The second-order valence-corrected chi connectivity index (χ2v) is 8.14. The molecule has 152 valence electrons. The smallest absolute Gasteiger partial charge is 0.234 e. The van der Waals surface area contributed by atoms with Crippen LogP contribution >= 0.6 is 0 Å². The number of hydrogen-bond acceptors (Lipinski definition) is 3. The highest BCUT2D eigenvalue weighted by molar-refractivity contribution is 5.92. The van der Waals surface area contributed by atoms with Gasteiger partial charge in [-0.15, -0.1) is 0 Å². The number of rotatable bonds is 5. The molecule has 2 N–H and O–H groups in total. The topological polar surface area (TPSA) is 61.4 Å². The van der Waals surface area contributed by atoms with Crippen LogP contribution in [0.1, 0.15) is 42.9 Å². The molecule has 4 rings (SSSR count). The highest BCUT2D eigenvalue weighted by atomic mass is 16.2. The molecular formula is C24H29N3O2. The third-order valence-corrected chi connectivity index (χ3v) is 5.99. The van der Waals surface area contributed by atoms with E-state index in [1.807, 2.05) is 36.4 Å². The van der Waals surface area contributed by atoms with Crippen molar-refractivity contribution in [3.63, 3.8) is 0 Å². The van der Waals surface area contributed by atoms with E-state index < -0.39 is 0 Å². The SMILES string of the molecule is O=C(CN1CCC[C@H](C(=O)Nc2ccccc2)C1)N[C@H]1CCCc2ccccc21. The molecule has 0 aromatic heterocycles. The van der Waals surface area contributed by atoms with Crippen LogP contribution in [0.2, 0.25) is 0 Å². The monoisotopic (exact) mass is 391 g/mol. The van der Waals surface area contributed by atoms with E-state index in [0.29, 0.717) is 13.1 Å². The summed E-state index contributed by atoms with van der Waals surface area (Å²) in [5.41, 5.74) is 3.42. The maximum Gasteiger partial charge on any atom is 0.234 e. The first-order chi connectivity index (χ1) is 14.2. The van der Waals surface area contributed by atoms with E-state index in [0.717, 1.165) is 44.3 Å². The summed E-state index contributed by atoms with van der Waals surface area (Å²) in [5.74, 6) is 0.0190. The Morgan fingerprint density at radius 1 is 0.966 bits per heavy atom. The second-order valence-electron chi connectivity index (χ2n) is 8.14. The van der Waals surface area contributed by atoms with Gasteiger partial charge in [0, 0.05) is 12.2 Å². The van der Waals surface area contributed by atoms with E-state index in [1.165, 1.54) is 11.1 Å². The van der Waals surface area contributed by atoms with Gasteiger partial charge in [0.05, 0.1) is 18.5 Å². The zero-order valence-corrected chi connectivity index (χ0v) is 16.8. The summed E-state index contributed by atoms with van der Waals surface area (Å²) in [4.78, 5) is 27.4. The van der Waals surface area contributed by atoms with Crippen LogP contribution in [0.3, 0.4) is 0 Å². The number of benzene rings is 2. The first-order valence-electron chi connectivity index (χ1n) is 10.6. The van der Waals surface area contributed by atoms with Gasteiger partial charge in [-0.25, -0.2) is 0 Å². The lowest BCUT2D eigenvalue weighted by atomic mass is 9.88. The number of aryl methyl sites for hydroxylation is 1. The number of fused-ring (bicyclic) bond motifs is 1. The zero-order chi connectivity index (χ0) is 20.1. The summed E-state index contributed by atoms with van der Waals surface area (Å²) >= 11 is 0. The Balaban J connectivity index is 1.30. The zero-order valence-electron chi connectivity index (χ0n) is 16.8. The van der Waals surface area contributed by atoms with Gasteiger partial charge in [0.15, 0.2) is 0 Å². The van der Waals surface area contributed by atoms with Crippen molar-refractivity contribution in [3.8, 4) is 0 Å². The minimum atomic E-state index is -0.0767. The quantitative estimate of drug-likeness (QED) is 0.820. The normalized spacial score (nSPS) is 21.8. The Morgan fingerprint density at radius 2 is 1.76 bits per heavy atom. The van der Waals surface area contributed by atoms with E-state index in [1.54, 1.807) is 0 Å². The lowest BCUT2D eigenvalue weighted by Gasteiger charge is -2.32. The van der Waals surface area contributed by atoms with Gasteiger partial charge in [-0.1, -0.05) is 42.5 Å². The van der Waals surface area contributed by atoms with Gasteiger partial charge in [0.2, 0.25) is 11.8 Å². The minimum absolute atomic E-state index is 0.0440. The largest absolute Gasteiger partial charge is 0.348 e. The molecule has 1 aliphatic carbocycles. The van der Waals surface area contributed by atoms with Crippen LogP contribution in [0.4, 0.5) is 5.69 Å². The van der Waals surface area contributed by atoms with Crippen molar-refractivity contribution in [1.82, 2.24) is 10.2 Å². The molecule has 5 heteroatoms. The number of hydrogen-bond donors (Lipinski definition) is 2. The van der Waals surface area contributed by atoms with Crippen molar-refractivity contribution in [2.45, 2.75) is 38.1 Å². The molecule has 0 unspecified atom stereocenters.